The minimum atomic E-state index is 0.437. The molecule has 1 aliphatic rings. The second-order valence-electron chi connectivity index (χ2n) is 5.05. The summed E-state index contributed by atoms with van der Waals surface area (Å²) >= 11 is 0. The van der Waals surface area contributed by atoms with E-state index in [1.165, 1.54) is 31.4 Å². The monoisotopic (exact) mass is 233 g/mol. The molecule has 1 fully saturated rings. The Hall–Kier alpha value is -0.930. The van der Waals surface area contributed by atoms with E-state index >= 15 is 0 Å². The van der Waals surface area contributed by atoms with Crippen LogP contribution in [0.15, 0.2) is 24.5 Å². The Labute approximate surface area is 104 Å². The zero-order valence-corrected chi connectivity index (χ0v) is 10.9. The van der Waals surface area contributed by atoms with Gasteiger partial charge in [0, 0.05) is 31.0 Å². The maximum atomic E-state index is 4.19. The molecule has 2 heterocycles. The van der Waals surface area contributed by atoms with Gasteiger partial charge in [-0.2, -0.15) is 0 Å². The van der Waals surface area contributed by atoms with Crippen LogP contribution in [0.25, 0.3) is 0 Å². The topological polar surface area (TPSA) is 28.2 Å². The summed E-state index contributed by atoms with van der Waals surface area (Å²) in [5.74, 6) is 0. The van der Waals surface area contributed by atoms with Gasteiger partial charge in [0.1, 0.15) is 0 Å². The Bertz CT molecular complexity index is 319. The van der Waals surface area contributed by atoms with Crippen molar-refractivity contribution < 1.29 is 0 Å². The molecule has 0 aromatic carbocycles. The number of pyridine rings is 1. The Balaban J connectivity index is 1.88. The molecule has 2 unspecified atom stereocenters. The van der Waals surface area contributed by atoms with Crippen molar-refractivity contribution in [3.63, 3.8) is 0 Å². The molecule has 1 aromatic rings. The van der Waals surface area contributed by atoms with Crippen molar-refractivity contribution in [1.82, 2.24) is 15.2 Å². The van der Waals surface area contributed by atoms with E-state index in [9.17, 15) is 0 Å². The van der Waals surface area contributed by atoms with Crippen molar-refractivity contribution >= 4 is 0 Å². The molecule has 1 saturated heterocycles. The zero-order valence-electron chi connectivity index (χ0n) is 10.9. The van der Waals surface area contributed by atoms with E-state index in [4.69, 9.17) is 0 Å². The predicted molar refractivity (Wildman–Crippen MR) is 70.9 cm³/mol. The Morgan fingerprint density at radius 2 is 2.41 bits per heavy atom. The van der Waals surface area contributed by atoms with E-state index in [1.807, 2.05) is 18.5 Å². The molecule has 2 atom stereocenters. The lowest BCUT2D eigenvalue weighted by atomic mass is 10.0. The molecule has 2 rings (SSSR count). The van der Waals surface area contributed by atoms with Crippen LogP contribution in [0, 0.1) is 0 Å². The highest BCUT2D eigenvalue weighted by Gasteiger charge is 2.18. The molecule has 0 amide bonds. The van der Waals surface area contributed by atoms with Crippen LogP contribution in [0.5, 0.6) is 0 Å². The van der Waals surface area contributed by atoms with Crippen molar-refractivity contribution in [2.75, 3.05) is 20.1 Å². The predicted octanol–water partition coefficient (Wildman–Crippen LogP) is 2.22. The second-order valence-corrected chi connectivity index (χ2v) is 5.05. The first-order chi connectivity index (χ1) is 8.27. The molecule has 3 heteroatoms. The molecule has 0 spiro atoms. The molecule has 0 bridgehead atoms. The van der Waals surface area contributed by atoms with E-state index in [2.05, 4.69) is 35.2 Å². The number of likely N-dealkylation sites (N-methyl/N-ethyl adjacent to an activating group) is 1. The highest BCUT2D eigenvalue weighted by molar-refractivity contribution is 5.12. The van der Waals surface area contributed by atoms with Crippen LogP contribution in [-0.2, 0) is 0 Å². The number of aromatic nitrogens is 1. The van der Waals surface area contributed by atoms with E-state index in [-0.39, 0.29) is 0 Å². The van der Waals surface area contributed by atoms with E-state index < -0.39 is 0 Å². The zero-order chi connectivity index (χ0) is 12.1. The van der Waals surface area contributed by atoms with Gasteiger partial charge in [-0.05, 0) is 45.0 Å². The summed E-state index contributed by atoms with van der Waals surface area (Å²) in [6.45, 7) is 4.55. The van der Waals surface area contributed by atoms with Crippen LogP contribution < -0.4 is 5.32 Å². The summed E-state index contributed by atoms with van der Waals surface area (Å²) in [6.07, 6.45) is 7.81. The summed E-state index contributed by atoms with van der Waals surface area (Å²) < 4.78 is 0. The molecule has 0 saturated carbocycles. The summed E-state index contributed by atoms with van der Waals surface area (Å²) in [6, 6.07) is 5.27. The van der Waals surface area contributed by atoms with Gasteiger partial charge >= 0.3 is 0 Å². The summed E-state index contributed by atoms with van der Waals surface area (Å²) in [5.41, 5.74) is 1.30. The van der Waals surface area contributed by atoms with Gasteiger partial charge in [-0.25, -0.2) is 0 Å². The van der Waals surface area contributed by atoms with Crippen LogP contribution in [0.1, 0.15) is 37.8 Å². The van der Waals surface area contributed by atoms with Crippen molar-refractivity contribution in [3.8, 4) is 0 Å². The standard InChI is InChI=1S/C14H23N3/c1-12(13-6-5-8-15-10-13)17(2)11-14-7-3-4-9-16-14/h5-6,8,10,12,14,16H,3-4,7,9,11H2,1-2H3. The summed E-state index contributed by atoms with van der Waals surface area (Å²) in [7, 11) is 2.20. The molecule has 17 heavy (non-hydrogen) atoms. The number of nitrogens with one attached hydrogen (secondary N) is 1. The third kappa shape index (κ3) is 3.51. The third-order valence-corrected chi connectivity index (χ3v) is 3.75. The molecule has 0 radical (unpaired) electrons. The number of rotatable bonds is 4. The van der Waals surface area contributed by atoms with Crippen molar-refractivity contribution in [2.24, 2.45) is 0 Å². The number of hydrogen-bond donors (Lipinski definition) is 1. The second kappa shape index (κ2) is 6.12. The average Bonchev–Trinajstić information content (AvgIpc) is 2.40. The van der Waals surface area contributed by atoms with Crippen LogP contribution in [-0.4, -0.2) is 36.1 Å². The Morgan fingerprint density at radius 1 is 1.53 bits per heavy atom. The quantitative estimate of drug-likeness (QED) is 0.864. The lowest BCUT2D eigenvalue weighted by molar-refractivity contribution is 0.214. The van der Waals surface area contributed by atoms with Crippen molar-refractivity contribution in [1.29, 1.82) is 0 Å². The number of hydrogen-bond acceptors (Lipinski definition) is 3. The Morgan fingerprint density at radius 3 is 3.06 bits per heavy atom. The molecule has 1 aromatic heterocycles. The van der Waals surface area contributed by atoms with Gasteiger partial charge in [0.15, 0.2) is 0 Å². The molecule has 1 N–H and O–H groups in total. The summed E-state index contributed by atoms with van der Waals surface area (Å²) in [5, 5.41) is 3.60. The van der Waals surface area contributed by atoms with Gasteiger partial charge in [0.2, 0.25) is 0 Å². The van der Waals surface area contributed by atoms with Crippen LogP contribution >= 0.6 is 0 Å². The third-order valence-electron chi connectivity index (χ3n) is 3.75. The number of piperidine rings is 1. The van der Waals surface area contributed by atoms with Gasteiger partial charge < -0.3 is 5.32 Å². The molecule has 94 valence electrons. The van der Waals surface area contributed by atoms with Gasteiger partial charge in [0.05, 0.1) is 0 Å². The fourth-order valence-electron chi connectivity index (χ4n) is 2.46. The fourth-order valence-corrected chi connectivity index (χ4v) is 2.46. The van der Waals surface area contributed by atoms with Gasteiger partial charge in [-0.1, -0.05) is 12.5 Å². The van der Waals surface area contributed by atoms with Gasteiger partial charge in [0.25, 0.3) is 0 Å². The fraction of sp³-hybridized carbons (Fsp3) is 0.643. The van der Waals surface area contributed by atoms with E-state index in [1.54, 1.807) is 0 Å². The number of nitrogens with zero attached hydrogens (tertiary/aromatic N) is 2. The minimum absolute atomic E-state index is 0.437. The Kier molecular flexibility index (Phi) is 4.51. The lowest BCUT2D eigenvalue weighted by Crippen LogP contribution is -2.43. The van der Waals surface area contributed by atoms with Gasteiger partial charge in [-0.3, -0.25) is 9.88 Å². The first kappa shape index (κ1) is 12.5. The van der Waals surface area contributed by atoms with Crippen molar-refractivity contribution in [2.45, 2.75) is 38.3 Å². The van der Waals surface area contributed by atoms with E-state index in [0.717, 1.165) is 6.54 Å². The molecule has 0 aliphatic carbocycles. The maximum absolute atomic E-state index is 4.19. The smallest absolute Gasteiger partial charge is 0.0332 e. The summed E-state index contributed by atoms with van der Waals surface area (Å²) in [4.78, 5) is 6.61. The highest BCUT2D eigenvalue weighted by atomic mass is 15.2. The van der Waals surface area contributed by atoms with Gasteiger partial charge in [-0.15, -0.1) is 0 Å². The van der Waals surface area contributed by atoms with E-state index in [0.29, 0.717) is 12.1 Å². The minimum Gasteiger partial charge on any atom is -0.313 e. The average molecular weight is 233 g/mol. The first-order valence-electron chi connectivity index (χ1n) is 6.61. The van der Waals surface area contributed by atoms with Crippen molar-refractivity contribution in [3.05, 3.63) is 30.1 Å². The highest BCUT2D eigenvalue weighted by Crippen LogP contribution is 2.18. The largest absolute Gasteiger partial charge is 0.313 e. The lowest BCUT2D eigenvalue weighted by Gasteiger charge is -2.31. The molecular formula is C14H23N3. The van der Waals surface area contributed by atoms with Crippen LogP contribution in [0.4, 0.5) is 0 Å². The molecule has 3 nitrogen and oxygen atoms in total. The first-order valence-corrected chi connectivity index (χ1v) is 6.61. The maximum Gasteiger partial charge on any atom is 0.0332 e. The van der Waals surface area contributed by atoms with Crippen LogP contribution in [0.2, 0.25) is 0 Å². The molecular weight excluding hydrogens is 210 g/mol. The molecule has 1 aliphatic heterocycles. The SMILES string of the molecule is CC(c1cccnc1)N(C)CC1CCCCN1. The normalized spacial score (nSPS) is 22.6. The van der Waals surface area contributed by atoms with Crippen LogP contribution in [0.3, 0.4) is 0 Å².